The van der Waals surface area contributed by atoms with Gasteiger partial charge in [-0.1, -0.05) is 0 Å². The van der Waals surface area contributed by atoms with Gasteiger partial charge in [0.15, 0.2) is 0 Å². The third kappa shape index (κ3) is 3.16. The van der Waals surface area contributed by atoms with E-state index in [0.717, 1.165) is 5.56 Å². The van der Waals surface area contributed by atoms with Crippen LogP contribution in [0.15, 0.2) is 24.5 Å². The third-order valence-corrected chi connectivity index (χ3v) is 2.71. The van der Waals surface area contributed by atoms with Crippen LogP contribution in [0, 0.1) is 17.0 Å². The first-order valence-corrected chi connectivity index (χ1v) is 5.99. The first kappa shape index (κ1) is 13.7. The van der Waals surface area contributed by atoms with Crippen molar-refractivity contribution in [2.45, 2.75) is 13.3 Å². The van der Waals surface area contributed by atoms with E-state index in [1.165, 1.54) is 6.92 Å². The molecule has 2 aromatic heterocycles. The smallest absolute Gasteiger partial charge is 0.332 e. The van der Waals surface area contributed by atoms with Crippen molar-refractivity contribution in [2.24, 2.45) is 0 Å². The monoisotopic (exact) mass is 274 g/mol. The van der Waals surface area contributed by atoms with Crippen LogP contribution in [-0.4, -0.2) is 26.4 Å². The zero-order chi connectivity index (χ0) is 14.5. The van der Waals surface area contributed by atoms with Crippen LogP contribution in [0.2, 0.25) is 0 Å². The van der Waals surface area contributed by atoms with Crippen LogP contribution >= 0.6 is 0 Å². The first-order chi connectivity index (χ1) is 9.58. The van der Waals surface area contributed by atoms with Gasteiger partial charge in [-0.25, -0.2) is 4.98 Å². The maximum atomic E-state index is 11.0. The summed E-state index contributed by atoms with van der Waals surface area (Å²) in [6.07, 6.45) is 4.10. The molecule has 0 bridgehead atoms. The van der Waals surface area contributed by atoms with Crippen molar-refractivity contribution in [3.63, 3.8) is 0 Å². The maximum absolute atomic E-state index is 11.0. The van der Waals surface area contributed by atoms with Crippen molar-refractivity contribution in [3.8, 4) is 0 Å². The van der Waals surface area contributed by atoms with Gasteiger partial charge in [0.05, 0.1) is 4.92 Å². The summed E-state index contributed by atoms with van der Waals surface area (Å²) in [5.41, 5.74) is 6.70. The molecule has 0 spiro atoms. The number of nitrogens with zero attached hydrogens (tertiary/aromatic N) is 4. The highest BCUT2D eigenvalue weighted by Gasteiger charge is 2.20. The third-order valence-electron chi connectivity index (χ3n) is 2.71. The molecule has 0 aromatic carbocycles. The largest absolute Gasteiger partial charge is 0.368 e. The molecule has 0 saturated carbocycles. The molecule has 0 aliphatic rings. The minimum absolute atomic E-state index is 0.0134. The fourth-order valence-electron chi connectivity index (χ4n) is 1.81. The topological polar surface area (TPSA) is 120 Å². The Hall–Kier alpha value is -2.77. The van der Waals surface area contributed by atoms with Crippen molar-refractivity contribution in [2.75, 3.05) is 17.6 Å². The number of rotatable bonds is 5. The Morgan fingerprint density at radius 1 is 1.35 bits per heavy atom. The van der Waals surface area contributed by atoms with Crippen molar-refractivity contribution in [3.05, 3.63) is 45.9 Å². The van der Waals surface area contributed by atoms with Crippen LogP contribution in [0.25, 0.3) is 0 Å². The Morgan fingerprint density at radius 3 is 2.70 bits per heavy atom. The van der Waals surface area contributed by atoms with Crippen molar-refractivity contribution >= 4 is 17.5 Å². The number of hydrogen-bond donors (Lipinski definition) is 2. The van der Waals surface area contributed by atoms with E-state index in [1.54, 1.807) is 12.4 Å². The number of nitrogens with one attached hydrogen (secondary N) is 1. The predicted octanol–water partition coefficient (Wildman–Crippen LogP) is 1.33. The standard InChI is InChI=1S/C12H14N6O2/c1-8-10(18(19)20)11(17-12(13)16-8)15-7-4-9-2-5-14-6-3-9/h2-3,5-6H,4,7H2,1H3,(H3,13,15,16,17). The van der Waals surface area contributed by atoms with Crippen LogP contribution < -0.4 is 11.1 Å². The lowest BCUT2D eigenvalue weighted by Crippen LogP contribution is -2.12. The summed E-state index contributed by atoms with van der Waals surface area (Å²) < 4.78 is 0. The second-order valence-corrected chi connectivity index (χ2v) is 4.15. The van der Waals surface area contributed by atoms with Crippen molar-refractivity contribution in [1.82, 2.24) is 15.0 Å². The molecule has 0 fully saturated rings. The van der Waals surface area contributed by atoms with E-state index in [0.29, 0.717) is 13.0 Å². The molecule has 8 heteroatoms. The van der Waals surface area contributed by atoms with E-state index in [4.69, 9.17) is 5.73 Å². The van der Waals surface area contributed by atoms with Gasteiger partial charge in [0.2, 0.25) is 11.8 Å². The number of nitrogens with two attached hydrogens (primary N) is 1. The number of aromatic nitrogens is 3. The quantitative estimate of drug-likeness (QED) is 0.623. The molecule has 8 nitrogen and oxygen atoms in total. The summed E-state index contributed by atoms with van der Waals surface area (Å²) in [5.74, 6) is 0.161. The fraction of sp³-hybridized carbons (Fsp3) is 0.250. The number of hydrogen-bond acceptors (Lipinski definition) is 7. The SMILES string of the molecule is Cc1nc(N)nc(NCCc2ccncc2)c1[N+](=O)[O-]. The van der Waals surface area contributed by atoms with Gasteiger partial charge in [-0.2, -0.15) is 4.98 Å². The van der Waals surface area contributed by atoms with E-state index < -0.39 is 4.92 Å². The molecular formula is C12H14N6O2. The Kier molecular flexibility index (Phi) is 4.04. The molecule has 20 heavy (non-hydrogen) atoms. The van der Waals surface area contributed by atoms with Gasteiger partial charge in [-0.05, 0) is 31.0 Å². The molecule has 0 atom stereocenters. The summed E-state index contributed by atoms with van der Waals surface area (Å²) >= 11 is 0. The van der Waals surface area contributed by atoms with Gasteiger partial charge >= 0.3 is 5.69 Å². The zero-order valence-corrected chi connectivity index (χ0v) is 10.9. The molecule has 2 aromatic rings. The number of aryl methyl sites for hydroxylation is 1. The van der Waals surface area contributed by atoms with E-state index in [9.17, 15) is 10.1 Å². The molecule has 2 heterocycles. The normalized spacial score (nSPS) is 10.2. The molecule has 2 rings (SSSR count). The lowest BCUT2D eigenvalue weighted by atomic mass is 10.2. The summed E-state index contributed by atoms with van der Waals surface area (Å²) in [6.45, 7) is 2.03. The molecule has 0 aliphatic heterocycles. The Morgan fingerprint density at radius 2 is 2.05 bits per heavy atom. The van der Waals surface area contributed by atoms with Crippen LogP contribution in [0.4, 0.5) is 17.5 Å². The molecular weight excluding hydrogens is 260 g/mol. The zero-order valence-electron chi connectivity index (χ0n) is 10.9. The number of nitro groups is 1. The fourth-order valence-corrected chi connectivity index (χ4v) is 1.81. The number of nitrogen functional groups attached to an aromatic ring is 1. The van der Waals surface area contributed by atoms with E-state index in [1.807, 2.05) is 12.1 Å². The van der Waals surface area contributed by atoms with Gasteiger partial charge in [0, 0.05) is 18.9 Å². The Bertz CT molecular complexity index is 617. The van der Waals surface area contributed by atoms with Crippen molar-refractivity contribution < 1.29 is 4.92 Å². The van der Waals surface area contributed by atoms with Crippen LogP contribution in [0.1, 0.15) is 11.3 Å². The van der Waals surface area contributed by atoms with Gasteiger partial charge in [-0.15, -0.1) is 0 Å². The molecule has 3 N–H and O–H groups in total. The average Bonchev–Trinajstić information content (AvgIpc) is 2.38. The Labute approximate surface area is 115 Å². The lowest BCUT2D eigenvalue weighted by Gasteiger charge is -2.08. The van der Waals surface area contributed by atoms with E-state index >= 15 is 0 Å². The highest BCUT2D eigenvalue weighted by molar-refractivity contribution is 5.60. The van der Waals surface area contributed by atoms with Crippen LogP contribution in [0.3, 0.4) is 0 Å². The lowest BCUT2D eigenvalue weighted by molar-refractivity contribution is -0.385. The molecule has 0 amide bonds. The van der Waals surface area contributed by atoms with Crippen LogP contribution in [-0.2, 0) is 6.42 Å². The van der Waals surface area contributed by atoms with E-state index in [2.05, 4.69) is 20.3 Å². The van der Waals surface area contributed by atoms with Gasteiger partial charge in [0.1, 0.15) is 5.69 Å². The minimum atomic E-state index is -0.510. The van der Waals surface area contributed by atoms with Gasteiger partial charge in [0.25, 0.3) is 0 Å². The molecule has 0 unspecified atom stereocenters. The molecule has 0 radical (unpaired) electrons. The summed E-state index contributed by atoms with van der Waals surface area (Å²) in [4.78, 5) is 22.1. The molecule has 104 valence electrons. The average molecular weight is 274 g/mol. The highest BCUT2D eigenvalue weighted by Crippen LogP contribution is 2.25. The summed E-state index contributed by atoms with van der Waals surface area (Å²) in [6, 6.07) is 3.77. The number of pyridine rings is 1. The predicted molar refractivity (Wildman–Crippen MR) is 74.3 cm³/mol. The minimum Gasteiger partial charge on any atom is -0.368 e. The second kappa shape index (κ2) is 5.91. The van der Waals surface area contributed by atoms with E-state index in [-0.39, 0.29) is 23.1 Å². The van der Waals surface area contributed by atoms with Gasteiger partial charge in [-0.3, -0.25) is 15.1 Å². The summed E-state index contributed by atoms with van der Waals surface area (Å²) in [7, 11) is 0. The van der Waals surface area contributed by atoms with Crippen LogP contribution in [0.5, 0.6) is 0 Å². The maximum Gasteiger partial charge on any atom is 0.332 e. The second-order valence-electron chi connectivity index (χ2n) is 4.15. The number of anilines is 2. The van der Waals surface area contributed by atoms with Crippen molar-refractivity contribution in [1.29, 1.82) is 0 Å². The summed E-state index contributed by atoms with van der Waals surface area (Å²) in [5, 5.41) is 14.0. The molecule has 0 aliphatic carbocycles. The van der Waals surface area contributed by atoms with Gasteiger partial charge < -0.3 is 11.1 Å². The molecule has 0 saturated heterocycles. The first-order valence-electron chi connectivity index (χ1n) is 5.99. The highest BCUT2D eigenvalue weighted by atomic mass is 16.6. The Balaban J connectivity index is 2.11.